The molecule has 4 heteroatoms. The van der Waals surface area contributed by atoms with E-state index in [0.29, 0.717) is 11.0 Å². The lowest BCUT2D eigenvalue weighted by Gasteiger charge is -2.13. The largest absolute Gasteiger partial charge is 0.375 e. The summed E-state index contributed by atoms with van der Waals surface area (Å²) in [6.45, 7) is 4.22. The monoisotopic (exact) mass is 269 g/mol. The summed E-state index contributed by atoms with van der Waals surface area (Å²) in [6.07, 6.45) is 3.74. The Labute approximate surface area is 116 Å². The Hall–Kier alpha value is -1.94. The van der Waals surface area contributed by atoms with Crippen LogP contribution in [0.5, 0.6) is 0 Å². The lowest BCUT2D eigenvalue weighted by atomic mass is 9.94. The Kier molecular flexibility index (Phi) is 2.95. The standard InChI is InChI=1S/C15H15N3S/c1-9(14-10(2)18-15(16)19-14)12-5-3-4-11-8-17-7-6-13(11)12/h3-9H,1-2H3,(H2,16,18). The van der Waals surface area contributed by atoms with Crippen LogP contribution in [-0.2, 0) is 0 Å². The second kappa shape index (κ2) is 4.63. The van der Waals surface area contributed by atoms with Gasteiger partial charge in [0.05, 0.1) is 5.69 Å². The average Bonchev–Trinajstić information content (AvgIpc) is 2.76. The molecule has 3 rings (SSSR count). The van der Waals surface area contributed by atoms with Gasteiger partial charge in [-0.1, -0.05) is 25.1 Å². The van der Waals surface area contributed by atoms with E-state index < -0.39 is 0 Å². The van der Waals surface area contributed by atoms with Crippen LogP contribution < -0.4 is 5.73 Å². The molecule has 2 heterocycles. The maximum atomic E-state index is 5.81. The molecule has 19 heavy (non-hydrogen) atoms. The molecule has 0 aliphatic rings. The second-order valence-corrected chi connectivity index (χ2v) is 5.73. The molecule has 0 spiro atoms. The molecule has 2 aromatic heterocycles. The molecule has 1 aromatic carbocycles. The summed E-state index contributed by atoms with van der Waals surface area (Å²) in [5, 5.41) is 3.06. The average molecular weight is 269 g/mol. The summed E-state index contributed by atoms with van der Waals surface area (Å²) >= 11 is 1.58. The van der Waals surface area contributed by atoms with E-state index in [-0.39, 0.29) is 0 Å². The van der Waals surface area contributed by atoms with Crippen molar-refractivity contribution in [2.75, 3.05) is 5.73 Å². The number of aryl methyl sites for hydroxylation is 1. The van der Waals surface area contributed by atoms with E-state index in [9.17, 15) is 0 Å². The molecule has 0 saturated carbocycles. The van der Waals surface area contributed by atoms with Gasteiger partial charge < -0.3 is 5.73 Å². The summed E-state index contributed by atoms with van der Waals surface area (Å²) in [5.41, 5.74) is 8.13. The third-order valence-corrected chi connectivity index (χ3v) is 4.59. The van der Waals surface area contributed by atoms with Crippen LogP contribution in [0.1, 0.15) is 29.0 Å². The fourth-order valence-corrected chi connectivity index (χ4v) is 3.40. The number of nitrogens with zero attached hydrogens (tertiary/aromatic N) is 2. The number of anilines is 1. The minimum atomic E-state index is 0.292. The highest BCUT2D eigenvalue weighted by Gasteiger charge is 2.17. The van der Waals surface area contributed by atoms with Crippen LogP contribution in [0, 0.1) is 6.92 Å². The lowest BCUT2D eigenvalue weighted by Crippen LogP contribution is -1.97. The van der Waals surface area contributed by atoms with E-state index >= 15 is 0 Å². The molecule has 1 atom stereocenters. The minimum absolute atomic E-state index is 0.292. The van der Waals surface area contributed by atoms with Crippen LogP contribution >= 0.6 is 11.3 Å². The number of nitrogen functional groups attached to an aromatic ring is 1. The van der Waals surface area contributed by atoms with Crippen LogP contribution in [0.2, 0.25) is 0 Å². The van der Waals surface area contributed by atoms with Crippen molar-refractivity contribution < 1.29 is 0 Å². The fraction of sp³-hybridized carbons (Fsp3) is 0.200. The van der Waals surface area contributed by atoms with Gasteiger partial charge in [0.15, 0.2) is 5.13 Å². The Bertz CT molecular complexity index is 728. The Morgan fingerprint density at radius 3 is 2.84 bits per heavy atom. The lowest BCUT2D eigenvalue weighted by molar-refractivity contribution is 0.937. The number of benzene rings is 1. The number of aromatic nitrogens is 2. The smallest absolute Gasteiger partial charge is 0.180 e. The van der Waals surface area contributed by atoms with Gasteiger partial charge in [0.1, 0.15) is 0 Å². The zero-order valence-corrected chi connectivity index (χ0v) is 11.7. The molecule has 2 N–H and O–H groups in total. The van der Waals surface area contributed by atoms with Gasteiger partial charge in [0.2, 0.25) is 0 Å². The van der Waals surface area contributed by atoms with Gasteiger partial charge in [-0.25, -0.2) is 4.98 Å². The Morgan fingerprint density at radius 2 is 2.11 bits per heavy atom. The van der Waals surface area contributed by atoms with Crippen LogP contribution in [0.25, 0.3) is 10.8 Å². The first-order valence-electron chi connectivity index (χ1n) is 6.22. The molecular weight excluding hydrogens is 254 g/mol. The summed E-state index contributed by atoms with van der Waals surface area (Å²) in [5.74, 6) is 0.292. The number of pyridine rings is 1. The first kappa shape index (κ1) is 12.1. The number of hydrogen-bond donors (Lipinski definition) is 1. The van der Waals surface area contributed by atoms with Crippen molar-refractivity contribution in [1.29, 1.82) is 0 Å². The highest BCUT2D eigenvalue weighted by molar-refractivity contribution is 7.15. The quantitative estimate of drug-likeness (QED) is 0.771. The zero-order valence-electron chi connectivity index (χ0n) is 10.9. The molecule has 3 nitrogen and oxygen atoms in total. The molecule has 1 unspecified atom stereocenters. The number of thiazole rings is 1. The molecule has 0 aliphatic heterocycles. The first-order valence-corrected chi connectivity index (χ1v) is 7.04. The minimum Gasteiger partial charge on any atom is -0.375 e. The van der Waals surface area contributed by atoms with Crippen molar-refractivity contribution in [1.82, 2.24) is 9.97 Å². The number of nitrogens with two attached hydrogens (primary N) is 1. The van der Waals surface area contributed by atoms with E-state index in [1.54, 1.807) is 11.3 Å². The van der Waals surface area contributed by atoms with Crippen LogP contribution in [0.15, 0.2) is 36.7 Å². The molecule has 0 saturated heterocycles. The number of rotatable bonds is 2. The molecule has 0 aliphatic carbocycles. The second-order valence-electron chi connectivity index (χ2n) is 4.67. The maximum absolute atomic E-state index is 5.81. The van der Waals surface area contributed by atoms with Gasteiger partial charge in [0, 0.05) is 28.6 Å². The SMILES string of the molecule is Cc1nc(N)sc1C(C)c1cccc2cnccc12. The Morgan fingerprint density at radius 1 is 1.26 bits per heavy atom. The van der Waals surface area contributed by atoms with E-state index in [2.05, 4.69) is 41.2 Å². The van der Waals surface area contributed by atoms with Crippen molar-refractivity contribution in [3.8, 4) is 0 Å². The number of fused-ring (bicyclic) bond motifs is 1. The van der Waals surface area contributed by atoms with Crippen molar-refractivity contribution in [3.63, 3.8) is 0 Å². The first-order chi connectivity index (χ1) is 9.16. The van der Waals surface area contributed by atoms with Gasteiger partial charge in [0.25, 0.3) is 0 Å². The molecular formula is C15H15N3S. The van der Waals surface area contributed by atoms with E-state index in [0.717, 1.165) is 5.69 Å². The maximum Gasteiger partial charge on any atom is 0.180 e. The van der Waals surface area contributed by atoms with E-state index in [4.69, 9.17) is 5.73 Å². The molecule has 0 radical (unpaired) electrons. The van der Waals surface area contributed by atoms with Gasteiger partial charge in [-0.2, -0.15) is 0 Å². The van der Waals surface area contributed by atoms with Crippen LogP contribution in [0.3, 0.4) is 0 Å². The van der Waals surface area contributed by atoms with Crippen LogP contribution in [-0.4, -0.2) is 9.97 Å². The number of hydrogen-bond acceptors (Lipinski definition) is 4. The highest BCUT2D eigenvalue weighted by Crippen LogP contribution is 2.35. The predicted octanol–water partition coefficient (Wildman–Crippen LogP) is 3.73. The van der Waals surface area contributed by atoms with Crippen molar-refractivity contribution >= 4 is 27.2 Å². The third kappa shape index (κ3) is 2.08. The normalized spacial score (nSPS) is 12.7. The topological polar surface area (TPSA) is 51.8 Å². The molecule has 96 valence electrons. The van der Waals surface area contributed by atoms with Gasteiger partial charge in [-0.05, 0) is 23.9 Å². The van der Waals surface area contributed by atoms with Crippen molar-refractivity contribution in [2.24, 2.45) is 0 Å². The summed E-state index contributed by atoms with van der Waals surface area (Å²) < 4.78 is 0. The molecule has 0 amide bonds. The molecule has 0 fully saturated rings. The summed E-state index contributed by atoms with van der Waals surface area (Å²) in [4.78, 5) is 9.74. The van der Waals surface area contributed by atoms with Gasteiger partial charge in [-0.3, -0.25) is 4.98 Å². The Balaban J connectivity index is 2.16. The van der Waals surface area contributed by atoms with E-state index in [1.807, 2.05) is 19.3 Å². The molecule has 0 bridgehead atoms. The van der Waals surface area contributed by atoms with Gasteiger partial charge >= 0.3 is 0 Å². The van der Waals surface area contributed by atoms with Crippen molar-refractivity contribution in [2.45, 2.75) is 19.8 Å². The summed E-state index contributed by atoms with van der Waals surface area (Å²) in [6, 6.07) is 8.41. The zero-order chi connectivity index (χ0) is 13.4. The van der Waals surface area contributed by atoms with E-state index in [1.165, 1.54) is 21.2 Å². The van der Waals surface area contributed by atoms with Crippen molar-refractivity contribution in [3.05, 3.63) is 52.8 Å². The van der Waals surface area contributed by atoms with Crippen LogP contribution in [0.4, 0.5) is 5.13 Å². The molecule has 3 aromatic rings. The summed E-state index contributed by atoms with van der Waals surface area (Å²) in [7, 11) is 0. The third-order valence-electron chi connectivity index (χ3n) is 3.42. The van der Waals surface area contributed by atoms with Gasteiger partial charge in [-0.15, -0.1) is 11.3 Å². The highest BCUT2D eigenvalue weighted by atomic mass is 32.1. The fourth-order valence-electron chi connectivity index (χ4n) is 2.50. The predicted molar refractivity (Wildman–Crippen MR) is 80.5 cm³/mol.